The highest BCUT2D eigenvalue weighted by atomic mass is 79.9. The van der Waals surface area contributed by atoms with Gasteiger partial charge in [0.1, 0.15) is 0 Å². The van der Waals surface area contributed by atoms with Gasteiger partial charge in [-0.3, -0.25) is 4.79 Å². The summed E-state index contributed by atoms with van der Waals surface area (Å²) in [7, 11) is 3.11. The molecule has 0 spiro atoms. The lowest BCUT2D eigenvalue weighted by Crippen LogP contribution is -2.03. The van der Waals surface area contributed by atoms with Crippen molar-refractivity contribution in [2.45, 2.75) is 19.8 Å². The maximum absolute atomic E-state index is 10.6. The van der Waals surface area contributed by atoms with Gasteiger partial charge >= 0.3 is 5.97 Å². The summed E-state index contributed by atoms with van der Waals surface area (Å²) in [4.78, 5) is 10.6. The first kappa shape index (κ1) is 13.8. The van der Waals surface area contributed by atoms with Crippen LogP contribution >= 0.6 is 15.9 Å². The molecule has 0 aliphatic rings. The first-order valence-electron chi connectivity index (χ1n) is 5.13. The minimum atomic E-state index is -0.828. The third-order valence-electron chi connectivity index (χ3n) is 2.58. The second-order valence-electron chi connectivity index (χ2n) is 3.59. The Kier molecular flexibility index (Phi) is 4.81. The Morgan fingerprint density at radius 3 is 2.53 bits per heavy atom. The van der Waals surface area contributed by atoms with Gasteiger partial charge in [0.15, 0.2) is 11.5 Å². The minimum absolute atomic E-state index is 0.0663. The molecule has 0 bridgehead atoms. The van der Waals surface area contributed by atoms with Gasteiger partial charge in [-0.1, -0.05) is 15.9 Å². The normalized spacial score (nSPS) is 10.1. The van der Waals surface area contributed by atoms with Crippen LogP contribution in [0.25, 0.3) is 0 Å². The Morgan fingerprint density at radius 1 is 1.41 bits per heavy atom. The molecule has 0 fully saturated rings. The zero-order valence-corrected chi connectivity index (χ0v) is 11.6. The Labute approximate surface area is 109 Å². The van der Waals surface area contributed by atoms with Gasteiger partial charge in [0.05, 0.1) is 14.2 Å². The number of carboxylic acids is 1. The molecule has 0 aliphatic carbocycles. The van der Waals surface area contributed by atoms with E-state index in [9.17, 15) is 4.79 Å². The maximum atomic E-state index is 10.6. The molecule has 1 aromatic rings. The average Bonchev–Trinajstić information content (AvgIpc) is 2.29. The lowest BCUT2D eigenvalue weighted by atomic mass is 10.0. The van der Waals surface area contributed by atoms with Crippen molar-refractivity contribution in [2.75, 3.05) is 14.2 Å². The van der Waals surface area contributed by atoms with Crippen LogP contribution < -0.4 is 9.47 Å². The largest absolute Gasteiger partial charge is 0.493 e. The summed E-state index contributed by atoms with van der Waals surface area (Å²) in [5.41, 5.74) is 1.84. The molecule has 1 rings (SSSR count). The fourth-order valence-electron chi connectivity index (χ4n) is 1.66. The number of hydrogen-bond acceptors (Lipinski definition) is 3. The number of hydrogen-bond donors (Lipinski definition) is 1. The van der Waals surface area contributed by atoms with Crippen molar-refractivity contribution in [1.29, 1.82) is 0 Å². The van der Waals surface area contributed by atoms with Crippen molar-refractivity contribution >= 4 is 21.9 Å². The van der Waals surface area contributed by atoms with E-state index in [1.807, 2.05) is 13.0 Å². The van der Waals surface area contributed by atoms with Crippen LogP contribution in [0.15, 0.2) is 10.5 Å². The molecule has 0 aromatic heterocycles. The van der Waals surface area contributed by atoms with Crippen LogP contribution in [0, 0.1) is 6.92 Å². The highest BCUT2D eigenvalue weighted by Gasteiger charge is 2.16. The van der Waals surface area contributed by atoms with Crippen LogP contribution in [0.5, 0.6) is 11.5 Å². The van der Waals surface area contributed by atoms with Gasteiger partial charge in [0, 0.05) is 16.5 Å². The number of halogens is 1. The van der Waals surface area contributed by atoms with Crippen LogP contribution in [0.4, 0.5) is 0 Å². The summed E-state index contributed by atoms with van der Waals surface area (Å²) in [5.74, 6) is 0.380. The first-order valence-corrected chi connectivity index (χ1v) is 5.92. The van der Waals surface area contributed by atoms with Gasteiger partial charge < -0.3 is 14.6 Å². The van der Waals surface area contributed by atoms with Gasteiger partial charge in [0.25, 0.3) is 0 Å². The SMILES string of the molecule is COc1cc(Br)c(C)c(CCC(=O)O)c1OC. The van der Waals surface area contributed by atoms with Gasteiger partial charge in [-0.2, -0.15) is 0 Å². The number of carbonyl (C=O) groups is 1. The zero-order valence-electron chi connectivity index (χ0n) is 10.0. The summed E-state index contributed by atoms with van der Waals surface area (Å²) >= 11 is 3.43. The molecule has 0 atom stereocenters. The Morgan fingerprint density at radius 2 is 2.06 bits per heavy atom. The van der Waals surface area contributed by atoms with Gasteiger partial charge in [-0.15, -0.1) is 0 Å². The van der Waals surface area contributed by atoms with E-state index < -0.39 is 5.97 Å². The highest BCUT2D eigenvalue weighted by molar-refractivity contribution is 9.10. The molecule has 5 heteroatoms. The lowest BCUT2D eigenvalue weighted by molar-refractivity contribution is -0.136. The number of carboxylic acid groups (broad SMARTS) is 1. The molecule has 1 aromatic carbocycles. The number of aliphatic carboxylic acids is 1. The van der Waals surface area contributed by atoms with E-state index in [2.05, 4.69) is 15.9 Å². The molecule has 1 N–H and O–H groups in total. The third-order valence-corrected chi connectivity index (χ3v) is 3.40. The van der Waals surface area contributed by atoms with Crippen molar-refractivity contribution in [1.82, 2.24) is 0 Å². The van der Waals surface area contributed by atoms with E-state index in [4.69, 9.17) is 14.6 Å². The molecular weight excluding hydrogens is 288 g/mol. The van der Waals surface area contributed by atoms with Gasteiger partial charge in [-0.05, 0) is 25.0 Å². The molecule has 0 heterocycles. The van der Waals surface area contributed by atoms with E-state index in [0.717, 1.165) is 15.6 Å². The highest BCUT2D eigenvalue weighted by Crippen LogP contribution is 2.38. The summed E-state index contributed by atoms with van der Waals surface area (Å²) in [6.07, 6.45) is 0.483. The quantitative estimate of drug-likeness (QED) is 0.909. The fourth-order valence-corrected chi connectivity index (χ4v) is 2.11. The standard InChI is InChI=1S/C12H15BrO4/c1-7-8(4-5-11(14)15)12(17-3)10(16-2)6-9(7)13/h6H,4-5H2,1-3H3,(H,14,15). The smallest absolute Gasteiger partial charge is 0.303 e. The number of benzene rings is 1. The molecule has 94 valence electrons. The molecule has 0 saturated heterocycles. The molecule has 17 heavy (non-hydrogen) atoms. The average molecular weight is 303 g/mol. The van der Waals surface area contributed by atoms with E-state index in [-0.39, 0.29) is 6.42 Å². The molecular formula is C12H15BrO4. The Bertz CT molecular complexity index is 429. The lowest BCUT2D eigenvalue weighted by Gasteiger charge is -2.16. The third kappa shape index (κ3) is 3.12. The summed E-state index contributed by atoms with van der Waals surface area (Å²) in [6.45, 7) is 1.92. The predicted molar refractivity (Wildman–Crippen MR) is 67.9 cm³/mol. The fraction of sp³-hybridized carbons (Fsp3) is 0.417. The van der Waals surface area contributed by atoms with E-state index in [0.29, 0.717) is 17.9 Å². The zero-order chi connectivity index (χ0) is 13.0. The predicted octanol–water partition coefficient (Wildman–Crippen LogP) is 2.79. The Hall–Kier alpha value is -1.23. The topological polar surface area (TPSA) is 55.8 Å². The van der Waals surface area contributed by atoms with E-state index in [1.165, 1.54) is 0 Å². The second-order valence-corrected chi connectivity index (χ2v) is 4.45. The van der Waals surface area contributed by atoms with Crippen LogP contribution in [0.1, 0.15) is 17.5 Å². The number of ether oxygens (including phenoxy) is 2. The molecule has 0 aliphatic heterocycles. The maximum Gasteiger partial charge on any atom is 0.303 e. The molecule has 0 unspecified atom stereocenters. The van der Waals surface area contributed by atoms with Crippen molar-refractivity contribution < 1.29 is 19.4 Å². The molecule has 0 radical (unpaired) electrons. The molecule has 0 saturated carbocycles. The van der Waals surface area contributed by atoms with E-state index in [1.54, 1.807) is 14.2 Å². The van der Waals surface area contributed by atoms with Crippen molar-refractivity contribution in [3.05, 3.63) is 21.7 Å². The Balaban J connectivity index is 3.22. The van der Waals surface area contributed by atoms with Gasteiger partial charge in [-0.25, -0.2) is 0 Å². The first-order chi connectivity index (χ1) is 8.01. The van der Waals surface area contributed by atoms with Crippen LogP contribution in [-0.2, 0) is 11.2 Å². The summed E-state index contributed by atoms with van der Waals surface area (Å²) in [6, 6.07) is 1.82. The minimum Gasteiger partial charge on any atom is -0.493 e. The number of methoxy groups -OCH3 is 2. The van der Waals surface area contributed by atoms with Crippen molar-refractivity contribution in [3.63, 3.8) is 0 Å². The van der Waals surface area contributed by atoms with Crippen molar-refractivity contribution in [3.8, 4) is 11.5 Å². The van der Waals surface area contributed by atoms with Crippen LogP contribution in [-0.4, -0.2) is 25.3 Å². The van der Waals surface area contributed by atoms with Crippen LogP contribution in [0.2, 0.25) is 0 Å². The monoisotopic (exact) mass is 302 g/mol. The number of rotatable bonds is 5. The second kappa shape index (κ2) is 5.91. The summed E-state index contributed by atoms with van der Waals surface area (Å²) in [5, 5.41) is 8.74. The molecule has 0 amide bonds. The van der Waals surface area contributed by atoms with Crippen LogP contribution in [0.3, 0.4) is 0 Å². The van der Waals surface area contributed by atoms with Crippen molar-refractivity contribution in [2.24, 2.45) is 0 Å². The van der Waals surface area contributed by atoms with Gasteiger partial charge in [0.2, 0.25) is 0 Å². The molecule has 4 nitrogen and oxygen atoms in total. The summed E-state index contributed by atoms with van der Waals surface area (Å²) < 4.78 is 11.4. The van der Waals surface area contributed by atoms with E-state index >= 15 is 0 Å².